The average Bonchev–Trinajstić information content (AvgIpc) is 3.56. The molecule has 0 radical (unpaired) electrons. The van der Waals surface area contributed by atoms with Crippen molar-refractivity contribution in [1.82, 2.24) is 43.0 Å². The Morgan fingerprint density at radius 1 is 1.27 bits per heavy atom. The zero-order chi connectivity index (χ0) is 23.5. The van der Waals surface area contributed by atoms with Crippen molar-refractivity contribution in [2.24, 2.45) is 7.05 Å². The molecule has 0 amide bonds. The molecule has 0 unspecified atom stereocenters. The van der Waals surface area contributed by atoms with Crippen molar-refractivity contribution in [3.05, 3.63) is 57.5 Å². The molecule has 5 rings (SSSR count). The van der Waals surface area contributed by atoms with Crippen molar-refractivity contribution in [3.63, 3.8) is 0 Å². The van der Waals surface area contributed by atoms with Gasteiger partial charge in [0.2, 0.25) is 5.78 Å². The highest BCUT2D eigenvalue weighted by Crippen LogP contribution is 2.31. The van der Waals surface area contributed by atoms with Gasteiger partial charge in [-0.2, -0.15) is 32.1 Å². The summed E-state index contributed by atoms with van der Waals surface area (Å²) in [5.74, 6) is -0.286. The molecule has 5 aromatic rings. The topological polar surface area (TPSA) is 154 Å². The number of aromatic nitrogens is 8. The lowest BCUT2D eigenvalue weighted by atomic mass is 10.3. The van der Waals surface area contributed by atoms with Gasteiger partial charge in [-0.3, -0.25) is 14.7 Å². The highest BCUT2D eigenvalue weighted by atomic mass is 32.2. The van der Waals surface area contributed by atoms with E-state index in [1.165, 1.54) is 54.8 Å². The van der Waals surface area contributed by atoms with Crippen LogP contribution in [0.5, 0.6) is 0 Å². The molecule has 0 saturated heterocycles. The van der Waals surface area contributed by atoms with Gasteiger partial charge in [0.25, 0.3) is 5.56 Å². The number of aryl methyl sites for hydroxylation is 1. The van der Waals surface area contributed by atoms with Crippen LogP contribution in [0.1, 0.15) is 21.2 Å². The van der Waals surface area contributed by atoms with Gasteiger partial charge in [0.1, 0.15) is 11.2 Å². The van der Waals surface area contributed by atoms with E-state index in [-0.39, 0.29) is 22.9 Å². The third kappa shape index (κ3) is 3.28. The quantitative estimate of drug-likeness (QED) is 0.333. The van der Waals surface area contributed by atoms with Crippen molar-refractivity contribution in [1.29, 1.82) is 0 Å². The highest BCUT2D eigenvalue weighted by molar-refractivity contribution is 7.87. The first-order chi connectivity index (χ1) is 15.7. The summed E-state index contributed by atoms with van der Waals surface area (Å²) < 4.78 is 29.8. The average molecular weight is 488 g/mol. The van der Waals surface area contributed by atoms with Crippen LogP contribution in [0.2, 0.25) is 0 Å². The van der Waals surface area contributed by atoms with E-state index >= 15 is 0 Å². The van der Waals surface area contributed by atoms with Gasteiger partial charge in [-0.1, -0.05) is 0 Å². The second kappa shape index (κ2) is 7.43. The van der Waals surface area contributed by atoms with Crippen molar-refractivity contribution >= 4 is 48.6 Å². The Bertz CT molecular complexity index is 1690. The Labute approximate surface area is 190 Å². The fraction of sp³-hybridized carbons (Fsp3) is 0.222. The van der Waals surface area contributed by atoms with Crippen molar-refractivity contribution in [2.75, 3.05) is 14.1 Å². The molecular formula is C18H17N9O4S2. The Hall–Kier alpha value is -3.69. The van der Waals surface area contributed by atoms with E-state index in [4.69, 9.17) is 0 Å². The Kier molecular flexibility index (Phi) is 4.77. The van der Waals surface area contributed by atoms with E-state index in [1.54, 1.807) is 17.7 Å². The largest absolute Gasteiger partial charge is 0.323 e. The SMILES string of the molecule is CN(C)S(=O)(=O)n1ccc(Cn2ncc3c4sc(C(=O)c5ccn[nH]5)nc4n(C)c3c2=O)n1. The minimum atomic E-state index is -3.75. The molecule has 0 saturated carbocycles. The van der Waals surface area contributed by atoms with Crippen LogP contribution in [-0.2, 0) is 23.8 Å². The van der Waals surface area contributed by atoms with E-state index in [2.05, 4.69) is 25.4 Å². The number of ketones is 1. The Balaban J connectivity index is 1.53. The van der Waals surface area contributed by atoms with Crippen LogP contribution in [0.4, 0.5) is 0 Å². The van der Waals surface area contributed by atoms with Crippen LogP contribution in [0.25, 0.3) is 21.3 Å². The lowest BCUT2D eigenvalue weighted by Gasteiger charge is -2.10. The molecule has 0 atom stereocenters. The minimum absolute atomic E-state index is 0.0134. The molecule has 0 fully saturated rings. The molecule has 15 heteroatoms. The molecule has 1 N–H and O–H groups in total. The lowest BCUT2D eigenvalue weighted by Crippen LogP contribution is -2.29. The van der Waals surface area contributed by atoms with Gasteiger partial charge in [-0.15, -0.1) is 11.3 Å². The van der Waals surface area contributed by atoms with E-state index in [1.807, 2.05) is 0 Å². The standard InChI is InChI=1S/C18H17N9O4S2/c1-24(2)33(30,31)27-7-5-10(23-27)9-26-18(29)13-11(8-20-26)15-16(25(13)3)21-17(32-15)14(28)12-4-6-19-22-12/h4-8H,9H2,1-3H3,(H,19,22). The predicted octanol–water partition coefficient (Wildman–Crippen LogP) is 0.198. The maximum atomic E-state index is 13.2. The monoisotopic (exact) mass is 487 g/mol. The van der Waals surface area contributed by atoms with Crippen LogP contribution in [0.15, 0.2) is 35.5 Å². The van der Waals surface area contributed by atoms with Gasteiger partial charge in [-0.05, 0) is 12.1 Å². The predicted molar refractivity (Wildman–Crippen MR) is 120 cm³/mol. The van der Waals surface area contributed by atoms with Crippen molar-refractivity contribution < 1.29 is 13.2 Å². The van der Waals surface area contributed by atoms with E-state index in [0.29, 0.717) is 32.6 Å². The van der Waals surface area contributed by atoms with Gasteiger partial charge in [0.05, 0.1) is 23.1 Å². The zero-order valence-corrected chi connectivity index (χ0v) is 19.3. The van der Waals surface area contributed by atoms with Crippen LogP contribution < -0.4 is 5.56 Å². The fourth-order valence-corrected chi connectivity index (χ4v) is 5.19. The van der Waals surface area contributed by atoms with E-state index in [0.717, 1.165) is 8.39 Å². The summed E-state index contributed by atoms with van der Waals surface area (Å²) in [6.45, 7) is -0.0134. The van der Waals surface area contributed by atoms with Crippen molar-refractivity contribution in [2.45, 2.75) is 6.54 Å². The second-order valence-electron chi connectivity index (χ2n) is 7.37. The number of hydrogen-bond donors (Lipinski definition) is 1. The lowest BCUT2D eigenvalue weighted by molar-refractivity contribution is 0.103. The van der Waals surface area contributed by atoms with Gasteiger partial charge in [0, 0.05) is 38.9 Å². The molecule has 0 spiro atoms. The maximum Gasteiger partial charge on any atom is 0.322 e. The van der Waals surface area contributed by atoms with Crippen LogP contribution in [-0.4, -0.2) is 71.3 Å². The summed E-state index contributed by atoms with van der Waals surface area (Å²) in [6.07, 6.45) is 4.34. The molecule has 5 aromatic heterocycles. The number of hydrogen-bond acceptors (Lipinski definition) is 9. The highest BCUT2D eigenvalue weighted by Gasteiger charge is 2.23. The number of rotatable bonds is 6. The number of aromatic amines is 1. The summed E-state index contributed by atoms with van der Waals surface area (Å²) in [5, 5.41) is 15.6. The summed E-state index contributed by atoms with van der Waals surface area (Å²) >= 11 is 1.18. The summed E-state index contributed by atoms with van der Waals surface area (Å²) in [4.78, 5) is 30.2. The minimum Gasteiger partial charge on any atom is -0.323 e. The molecule has 0 aliphatic carbocycles. The Morgan fingerprint density at radius 3 is 2.76 bits per heavy atom. The van der Waals surface area contributed by atoms with Gasteiger partial charge in [-0.25, -0.2) is 9.67 Å². The van der Waals surface area contributed by atoms with E-state index < -0.39 is 10.2 Å². The number of carbonyl (C=O) groups is 1. The number of nitrogens with zero attached hydrogens (tertiary/aromatic N) is 8. The number of carbonyl (C=O) groups excluding carboxylic acids is 1. The first-order valence-electron chi connectivity index (χ1n) is 9.55. The van der Waals surface area contributed by atoms with Gasteiger partial charge in [0.15, 0.2) is 10.7 Å². The smallest absolute Gasteiger partial charge is 0.322 e. The number of fused-ring (bicyclic) bond motifs is 3. The number of H-pyrrole nitrogens is 1. The molecule has 33 heavy (non-hydrogen) atoms. The van der Waals surface area contributed by atoms with Gasteiger partial charge >= 0.3 is 10.2 Å². The molecule has 13 nitrogen and oxygen atoms in total. The maximum absolute atomic E-state index is 13.2. The van der Waals surface area contributed by atoms with Gasteiger partial charge < -0.3 is 4.57 Å². The second-order valence-corrected chi connectivity index (χ2v) is 10.4. The normalized spacial score (nSPS) is 12.4. The Morgan fingerprint density at radius 2 is 2.06 bits per heavy atom. The molecule has 5 heterocycles. The van der Waals surface area contributed by atoms with Crippen molar-refractivity contribution in [3.8, 4) is 0 Å². The van der Waals surface area contributed by atoms with Crippen LogP contribution in [0, 0.1) is 0 Å². The first kappa shape index (κ1) is 21.2. The first-order valence-corrected chi connectivity index (χ1v) is 11.8. The third-order valence-corrected chi connectivity index (χ3v) is 7.77. The number of nitrogens with one attached hydrogen (secondary N) is 1. The summed E-state index contributed by atoms with van der Waals surface area (Å²) in [5.41, 5.74) is 1.17. The summed E-state index contributed by atoms with van der Waals surface area (Å²) in [7, 11) is 0.748. The number of thiazole rings is 1. The molecule has 0 aliphatic rings. The molecule has 0 aliphatic heterocycles. The molecule has 0 aromatic carbocycles. The summed E-state index contributed by atoms with van der Waals surface area (Å²) in [6, 6.07) is 3.08. The van der Waals surface area contributed by atoms with Crippen LogP contribution in [0.3, 0.4) is 0 Å². The third-order valence-electron chi connectivity index (χ3n) is 5.10. The zero-order valence-electron chi connectivity index (χ0n) is 17.6. The fourth-order valence-electron chi connectivity index (χ4n) is 3.37. The molecular weight excluding hydrogens is 470 g/mol. The van der Waals surface area contributed by atoms with Crippen LogP contribution >= 0.6 is 11.3 Å². The van der Waals surface area contributed by atoms with E-state index in [9.17, 15) is 18.0 Å². The molecule has 170 valence electrons. The molecule has 0 bridgehead atoms.